The lowest BCUT2D eigenvalue weighted by Gasteiger charge is -2.15. The molecule has 1 atom stereocenters. The molecule has 4 rings (SSSR count). The molecule has 2 aliphatic rings. The molecule has 1 saturated heterocycles. The van der Waals surface area contributed by atoms with E-state index in [0.717, 1.165) is 5.56 Å². The maximum absolute atomic E-state index is 12.7. The van der Waals surface area contributed by atoms with Crippen molar-refractivity contribution in [2.45, 2.75) is 12.8 Å². The minimum Gasteiger partial charge on any atom is -0.454 e. The Bertz CT molecular complexity index is 836. The van der Waals surface area contributed by atoms with Crippen LogP contribution in [0.3, 0.4) is 0 Å². The van der Waals surface area contributed by atoms with Crippen LogP contribution in [0.2, 0.25) is 5.02 Å². The fraction of sp³-hybridized carbons (Fsp3) is 0.222. The first kappa shape index (κ1) is 15.0. The van der Waals surface area contributed by atoms with Crippen molar-refractivity contribution in [2.75, 3.05) is 11.7 Å². The highest BCUT2D eigenvalue weighted by Crippen LogP contribution is 2.38. The lowest BCUT2D eigenvalue weighted by molar-refractivity contribution is -0.122. The highest BCUT2D eigenvalue weighted by Gasteiger charge is 2.39. The number of ether oxygens (including phenoxy) is 2. The molecule has 0 spiro atoms. The molecular formula is C18H14ClNO4. The van der Waals surface area contributed by atoms with Gasteiger partial charge in [0.1, 0.15) is 0 Å². The van der Waals surface area contributed by atoms with E-state index in [1.807, 2.05) is 18.2 Å². The predicted octanol–water partition coefficient (Wildman–Crippen LogP) is 3.19. The quantitative estimate of drug-likeness (QED) is 0.803. The minimum atomic E-state index is -0.374. The number of rotatable bonds is 3. The fourth-order valence-corrected chi connectivity index (χ4v) is 3.31. The number of fused-ring (bicyclic) bond motifs is 1. The number of carbonyl (C=O) groups excluding carboxylic acids is 2. The number of hydrogen-bond donors (Lipinski definition) is 0. The van der Waals surface area contributed by atoms with Crippen molar-refractivity contribution in [1.82, 2.24) is 0 Å². The SMILES string of the molecule is O=C1CC(Cc2cccc(Cl)c2)C(=O)N1c1ccc2c(c1)OCO2. The summed E-state index contributed by atoms with van der Waals surface area (Å²) in [4.78, 5) is 26.3. The van der Waals surface area contributed by atoms with Crippen LogP contribution in [0.15, 0.2) is 42.5 Å². The van der Waals surface area contributed by atoms with Crippen LogP contribution in [-0.2, 0) is 16.0 Å². The highest BCUT2D eigenvalue weighted by atomic mass is 35.5. The van der Waals surface area contributed by atoms with Crippen LogP contribution in [0.4, 0.5) is 5.69 Å². The van der Waals surface area contributed by atoms with Crippen LogP contribution in [0.25, 0.3) is 0 Å². The number of anilines is 1. The van der Waals surface area contributed by atoms with Gasteiger partial charge in [-0.25, -0.2) is 0 Å². The molecule has 0 radical (unpaired) electrons. The normalized spacial score (nSPS) is 19.2. The van der Waals surface area contributed by atoms with Gasteiger partial charge in [-0.3, -0.25) is 14.5 Å². The predicted molar refractivity (Wildman–Crippen MR) is 88.3 cm³/mol. The summed E-state index contributed by atoms with van der Waals surface area (Å²) in [6, 6.07) is 12.4. The zero-order valence-electron chi connectivity index (χ0n) is 12.7. The second kappa shape index (κ2) is 5.83. The van der Waals surface area contributed by atoms with Gasteiger partial charge in [0.2, 0.25) is 18.6 Å². The Balaban J connectivity index is 1.57. The molecule has 0 N–H and O–H groups in total. The summed E-state index contributed by atoms with van der Waals surface area (Å²) in [6.45, 7) is 0.151. The molecular weight excluding hydrogens is 330 g/mol. The summed E-state index contributed by atoms with van der Waals surface area (Å²) in [5, 5.41) is 0.622. The molecule has 2 aromatic rings. The second-order valence-corrected chi connectivity index (χ2v) is 6.28. The molecule has 2 aliphatic heterocycles. The van der Waals surface area contributed by atoms with E-state index in [4.69, 9.17) is 21.1 Å². The van der Waals surface area contributed by atoms with Crippen LogP contribution in [0.5, 0.6) is 11.5 Å². The Hall–Kier alpha value is -2.53. The van der Waals surface area contributed by atoms with Crippen molar-refractivity contribution >= 4 is 29.1 Å². The van der Waals surface area contributed by atoms with Gasteiger partial charge in [-0.05, 0) is 36.2 Å². The van der Waals surface area contributed by atoms with Crippen molar-refractivity contribution in [3.05, 3.63) is 53.1 Å². The number of halogens is 1. The Labute approximate surface area is 143 Å². The van der Waals surface area contributed by atoms with Crippen LogP contribution in [0, 0.1) is 5.92 Å². The molecule has 0 aromatic heterocycles. The van der Waals surface area contributed by atoms with Crippen molar-refractivity contribution in [1.29, 1.82) is 0 Å². The standard InChI is InChI=1S/C18H14ClNO4/c19-13-3-1-2-11(7-13)6-12-8-17(21)20(18(12)22)14-4-5-15-16(9-14)24-10-23-15/h1-5,7,9,12H,6,8,10H2. The zero-order chi connectivity index (χ0) is 16.7. The van der Waals surface area contributed by atoms with Gasteiger partial charge in [-0.2, -0.15) is 0 Å². The lowest BCUT2D eigenvalue weighted by Crippen LogP contribution is -2.30. The Morgan fingerprint density at radius 2 is 1.92 bits per heavy atom. The molecule has 24 heavy (non-hydrogen) atoms. The van der Waals surface area contributed by atoms with Gasteiger partial charge >= 0.3 is 0 Å². The van der Waals surface area contributed by atoms with E-state index in [9.17, 15) is 9.59 Å². The smallest absolute Gasteiger partial charge is 0.237 e. The Kier molecular flexibility index (Phi) is 3.65. The molecule has 2 aromatic carbocycles. The van der Waals surface area contributed by atoms with E-state index in [0.29, 0.717) is 28.6 Å². The number of carbonyl (C=O) groups is 2. The lowest BCUT2D eigenvalue weighted by atomic mass is 9.98. The largest absolute Gasteiger partial charge is 0.454 e. The van der Waals surface area contributed by atoms with Gasteiger partial charge in [0.25, 0.3) is 0 Å². The average molecular weight is 344 g/mol. The van der Waals surface area contributed by atoms with E-state index in [-0.39, 0.29) is 30.9 Å². The van der Waals surface area contributed by atoms with Crippen molar-refractivity contribution < 1.29 is 19.1 Å². The molecule has 0 aliphatic carbocycles. The van der Waals surface area contributed by atoms with Gasteiger partial charge in [-0.15, -0.1) is 0 Å². The van der Waals surface area contributed by atoms with Gasteiger partial charge < -0.3 is 9.47 Å². The van der Waals surface area contributed by atoms with Gasteiger partial charge in [-0.1, -0.05) is 23.7 Å². The maximum Gasteiger partial charge on any atom is 0.237 e. The van der Waals surface area contributed by atoms with Crippen molar-refractivity contribution in [2.24, 2.45) is 5.92 Å². The molecule has 1 unspecified atom stereocenters. The summed E-state index contributed by atoms with van der Waals surface area (Å²) < 4.78 is 10.6. The summed E-state index contributed by atoms with van der Waals surface area (Å²) in [5.41, 5.74) is 1.46. The minimum absolute atomic E-state index is 0.151. The van der Waals surface area contributed by atoms with E-state index >= 15 is 0 Å². The number of imide groups is 1. The number of amides is 2. The summed E-state index contributed by atoms with van der Waals surface area (Å²) in [6.07, 6.45) is 0.686. The molecule has 0 saturated carbocycles. The summed E-state index contributed by atoms with van der Waals surface area (Å²) in [7, 11) is 0. The Morgan fingerprint density at radius 1 is 1.08 bits per heavy atom. The summed E-state index contributed by atoms with van der Waals surface area (Å²) in [5.74, 6) is 0.394. The first-order valence-electron chi connectivity index (χ1n) is 7.63. The van der Waals surface area contributed by atoms with Gasteiger partial charge in [0.15, 0.2) is 11.5 Å². The topological polar surface area (TPSA) is 55.8 Å². The van der Waals surface area contributed by atoms with Crippen LogP contribution < -0.4 is 14.4 Å². The van der Waals surface area contributed by atoms with Crippen molar-refractivity contribution in [3.63, 3.8) is 0 Å². The van der Waals surface area contributed by atoms with Crippen LogP contribution >= 0.6 is 11.6 Å². The Morgan fingerprint density at radius 3 is 2.75 bits per heavy atom. The summed E-state index contributed by atoms with van der Waals surface area (Å²) >= 11 is 5.99. The first-order valence-corrected chi connectivity index (χ1v) is 8.00. The van der Waals surface area contributed by atoms with Gasteiger partial charge in [0.05, 0.1) is 11.6 Å². The number of nitrogens with zero attached hydrogens (tertiary/aromatic N) is 1. The van der Waals surface area contributed by atoms with Crippen molar-refractivity contribution in [3.8, 4) is 11.5 Å². The maximum atomic E-state index is 12.7. The molecule has 122 valence electrons. The van der Waals surface area contributed by atoms with E-state index in [1.54, 1.807) is 24.3 Å². The molecule has 0 bridgehead atoms. The zero-order valence-corrected chi connectivity index (χ0v) is 13.5. The molecule has 2 heterocycles. The number of benzene rings is 2. The molecule has 1 fully saturated rings. The molecule has 2 amide bonds. The van der Waals surface area contributed by atoms with E-state index in [1.165, 1.54) is 4.90 Å². The number of hydrogen-bond acceptors (Lipinski definition) is 4. The monoisotopic (exact) mass is 343 g/mol. The third-order valence-corrected chi connectivity index (χ3v) is 4.46. The van der Waals surface area contributed by atoms with Gasteiger partial charge in [0, 0.05) is 17.5 Å². The van der Waals surface area contributed by atoms with Crippen LogP contribution in [-0.4, -0.2) is 18.6 Å². The van der Waals surface area contributed by atoms with E-state index in [2.05, 4.69) is 0 Å². The third-order valence-electron chi connectivity index (χ3n) is 4.23. The first-order chi connectivity index (χ1) is 11.6. The molecule has 6 heteroatoms. The molecule has 5 nitrogen and oxygen atoms in total. The average Bonchev–Trinajstić information content (AvgIpc) is 3.12. The highest BCUT2D eigenvalue weighted by molar-refractivity contribution is 6.30. The van der Waals surface area contributed by atoms with E-state index < -0.39 is 0 Å². The fourth-order valence-electron chi connectivity index (χ4n) is 3.10. The third kappa shape index (κ3) is 2.61. The second-order valence-electron chi connectivity index (χ2n) is 5.84. The van der Waals surface area contributed by atoms with Crippen LogP contribution in [0.1, 0.15) is 12.0 Å².